The molecule has 0 saturated heterocycles. The summed E-state index contributed by atoms with van der Waals surface area (Å²) in [5.74, 6) is 0.708. The molecule has 1 aromatic rings. The molecule has 0 amide bonds. The molecule has 2 N–H and O–H groups in total. The van der Waals surface area contributed by atoms with Gasteiger partial charge in [-0.15, -0.1) is 0 Å². The molecule has 4 nitrogen and oxygen atoms in total. The Labute approximate surface area is 99.0 Å². The smallest absolute Gasteiger partial charge is 0.491 e. The van der Waals surface area contributed by atoms with E-state index in [4.69, 9.17) is 19.8 Å². The van der Waals surface area contributed by atoms with Crippen molar-refractivity contribution in [2.24, 2.45) is 5.73 Å². The first-order valence-corrected chi connectivity index (χ1v) is 5.66. The average Bonchev–Trinajstić information content (AvgIpc) is 2.61. The van der Waals surface area contributed by atoms with E-state index in [1.165, 1.54) is 0 Å². The highest BCUT2D eigenvalue weighted by molar-refractivity contribution is 6.64. The van der Waals surface area contributed by atoms with Gasteiger partial charge in [0, 0.05) is 12.0 Å². The highest BCUT2D eigenvalue weighted by atomic mass is 19.1. The van der Waals surface area contributed by atoms with Gasteiger partial charge >= 0.3 is 7.12 Å². The second-order valence-corrected chi connectivity index (χ2v) is 4.17. The van der Waals surface area contributed by atoms with Gasteiger partial charge in [0.25, 0.3) is 0 Å². The standard InChI is InChI=1S/C11H13BFNO3/c13-4-7-6-15-9-3-1-2-8-10(5-14)17-12(16-7)11(8)9/h1-3,7,10H,4-6,14H2/t7-,10?/m1/s1. The fourth-order valence-corrected chi connectivity index (χ4v) is 2.27. The number of ether oxygens (including phenoxy) is 1. The minimum Gasteiger partial charge on any atom is -0.491 e. The Kier molecular flexibility index (Phi) is 2.78. The van der Waals surface area contributed by atoms with E-state index in [-0.39, 0.29) is 12.7 Å². The number of rotatable bonds is 2. The van der Waals surface area contributed by atoms with Gasteiger partial charge in [-0.3, -0.25) is 0 Å². The molecule has 2 atom stereocenters. The van der Waals surface area contributed by atoms with Crippen LogP contribution in [0.25, 0.3) is 0 Å². The lowest BCUT2D eigenvalue weighted by molar-refractivity contribution is 0.0739. The van der Waals surface area contributed by atoms with E-state index >= 15 is 0 Å². The Morgan fingerprint density at radius 3 is 3.06 bits per heavy atom. The van der Waals surface area contributed by atoms with Gasteiger partial charge in [-0.1, -0.05) is 12.1 Å². The van der Waals surface area contributed by atoms with E-state index in [0.717, 1.165) is 11.0 Å². The van der Waals surface area contributed by atoms with Crippen LogP contribution in [0.3, 0.4) is 0 Å². The second kappa shape index (κ2) is 4.29. The van der Waals surface area contributed by atoms with Crippen molar-refractivity contribution in [2.45, 2.75) is 12.2 Å². The van der Waals surface area contributed by atoms with Gasteiger partial charge in [0.2, 0.25) is 0 Å². The van der Waals surface area contributed by atoms with Crippen LogP contribution in [0, 0.1) is 0 Å². The minimum atomic E-state index is -0.587. The monoisotopic (exact) mass is 237 g/mol. The van der Waals surface area contributed by atoms with Gasteiger partial charge in [0.1, 0.15) is 25.1 Å². The van der Waals surface area contributed by atoms with E-state index in [1.54, 1.807) is 0 Å². The van der Waals surface area contributed by atoms with Crippen LogP contribution in [0.5, 0.6) is 5.75 Å². The lowest BCUT2D eigenvalue weighted by atomic mass is 9.77. The van der Waals surface area contributed by atoms with Gasteiger partial charge in [-0.05, 0) is 11.6 Å². The Hall–Kier alpha value is -1.11. The molecule has 0 bridgehead atoms. The molecule has 0 radical (unpaired) electrons. The molecule has 17 heavy (non-hydrogen) atoms. The van der Waals surface area contributed by atoms with E-state index in [2.05, 4.69) is 0 Å². The largest absolute Gasteiger partial charge is 0.498 e. The van der Waals surface area contributed by atoms with E-state index in [0.29, 0.717) is 12.3 Å². The van der Waals surface area contributed by atoms with Crippen molar-refractivity contribution in [1.29, 1.82) is 0 Å². The predicted molar refractivity (Wildman–Crippen MR) is 61.1 cm³/mol. The second-order valence-electron chi connectivity index (χ2n) is 4.17. The van der Waals surface area contributed by atoms with Crippen molar-refractivity contribution in [3.8, 4) is 5.75 Å². The predicted octanol–water partition coefficient (Wildman–Crippen LogP) is 0.159. The number of alkyl halides is 1. The molecule has 0 aromatic heterocycles. The minimum absolute atomic E-state index is 0.197. The van der Waals surface area contributed by atoms with Gasteiger partial charge in [0.15, 0.2) is 0 Å². The van der Waals surface area contributed by atoms with Crippen LogP contribution >= 0.6 is 0 Å². The zero-order valence-corrected chi connectivity index (χ0v) is 9.27. The van der Waals surface area contributed by atoms with Crippen LogP contribution in [-0.2, 0) is 9.31 Å². The Morgan fingerprint density at radius 1 is 1.41 bits per heavy atom. The number of benzene rings is 1. The normalized spacial score (nSPS) is 26.4. The quantitative estimate of drug-likeness (QED) is 0.744. The average molecular weight is 237 g/mol. The van der Waals surface area contributed by atoms with Crippen LogP contribution < -0.4 is 15.9 Å². The first-order chi connectivity index (χ1) is 8.33. The molecule has 0 saturated carbocycles. The maximum absolute atomic E-state index is 12.7. The molecule has 2 heterocycles. The molecule has 3 rings (SSSR count). The van der Waals surface area contributed by atoms with Crippen molar-refractivity contribution < 1.29 is 18.4 Å². The van der Waals surface area contributed by atoms with Crippen LogP contribution in [0.4, 0.5) is 4.39 Å². The summed E-state index contributed by atoms with van der Waals surface area (Å²) in [6, 6.07) is 5.68. The van der Waals surface area contributed by atoms with Crippen LogP contribution in [0.2, 0.25) is 0 Å². The fraction of sp³-hybridized carbons (Fsp3) is 0.455. The third-order valence-electron chi connectivity index (χ3n) is 3.10. The van der Waals surface area contributed by atoms with Gasteiger partial charge < -0.3 is 19.8 Å². The van der Waals surface area contributed by atoms with Crippen molar-refractivity contribution >= 4 is 12.6 Å². The maximum atomic E-state index is 12.7. The third-order valence-corrected chi connectivity index (χ3v) is 3.10. The van der Waals surface area contributed by atoms with Gasteiger partial charge in [0.05, 0.1) is 6.10 Å². The summed E-state index contributed by atoms with van der Waals surface area (Å²) in [5, 5.41) is 0. The summed E-state index contributed by atoms with van der Waals surface area (Å²) >= 11 is 0. The zero-order chi connectivity index (χ0) is 11.8. The van der Waals surface area contributed by atoms with Gasteiger partial charge in [-0.25, -0.2) is 4.39 Å². The maximum Gasteiger partial charge on any atom is 0.498 e. The van der Waals surface area contributed by atoms with Crippen LogP contribution in [0.15, 0.2) is 18.2 Å². The molecular weight excluding hydrogens is 224 g/mol. The van der Waals surface area contributed by atoms with E-state index in [1.807, 2.05) is 18.2 Å². The summed E-state index contributed by atoms with van der Waals surface area (Å²) < 4.78 is 29.5. The summed E-state index contributed by atoms with van der Waals surface area (Å²) in [5.41, 5.74) is 7.49. The molecule has 6 heteroatoms. The summed E-state index contributed by atoms with van der Waals surface area (Å²) in [4.78, 5) is 0. The molecule has 2 aliphatic rings. The topological polar surface area (TPSA) is 53.7 Å². The molecule has 0 aliphatic carbocycles. The summed E-state index contributed by atoms with van der Waals surface area (Å²) in [7, 11) is -0.557. The molecular formula is C11H13BFNO3. The molecule has 0 spiro atoms. The van der Waals surface area contributed by atoms with Crippen LogP contribution in [0.1, 0.15) is 11.7 Å². The van der Waals surface area contributed by atoms with E-state index in [9.17, 15) is 4.39 Å². The SMILES string of the molecule is NCC1OB2O[C@H](CF)COc3cccc1c32. The first kappa shape index (κ1) is 11.0. The summed E-state index contributed by atoms with van der Waals surface area (Å²) in [6.45, 7) is -0.00676. The molecule has 0 fully saturated rings. The van der Waals surface area contributed by atoms with Crippen LogP contribution in [-0.4, -0.2) is 33.0 Å². The lowest BCUT2D eigenvalue weighted by Gasteiger charge is -2.16. The lowest BCUT2D eigenvalue weighted by Crippen LogP contribution is -2.36. The first-order valence-electron chi connectivity index (χ1n) is 5.66. The van der Waals surface area contributed by atoms with Crippen molar-refractivity contribution in [3.05, 3.63) is 23.8 Å². The highest BCUT2D eigenvalue weighted by Crippen LogP contribution is 2.30. The Balaban J connectivity index is 2.02. The van der Waals surface area contributed by atoms with Crippen molar-refractivity contribution in [2.75, 3.05) is 19.8 Å². The zero-order valence-electron chi connectivity index (χ0n) is 9.27. The fourth-order valence-electron chi connectivity index (χ4n) is 2.27. The molecule has 1 unspecified atom stereocenters. The number of hydrogen-bond acceptors (Lipinski definition) is 4. The van der Waals surface area contributed by atoms with E-state index < -0.39 is 19.9 Å². The number of nitrogens with two attached hydrogens (primary N) is 1. The Bertz CT molecular complexity index is 431. The number of hydrogen-bond donors (Lipinski definition) is 1. The summed E-state index contributed by atoms with van der Waals surface area (Å²) in [6.07, 6.45) is -0.784. The number of halogens is 1. The molecule has 1 aromatic carbocycles. The van der Waals surface area contributed by atoms with Crippen molar-refractivity contribution in [1.82, 2.24) is 0 Å². The third kappa shape index (κ3) is 1.72. The molecule has 2 aliphatic heterocycles. The van der Waals surface area contributed by atoms with Crippen molar-refractivity contribution in [3.63, 3.8) is 0 Å². The molecule has 90 valence electrons. The Morgan fingerprint density at radius 2 is 2.29 bits per heavy atom. The highest BCUT2D eigenvalue weighted by Gasteiger charge is 2.42. The van der Waals surface area contributed by atoms with Gasteiger partial charge in [-0.2, -0.15) is 0 Å².